The molecule has 0 radical (unpaired) electrons. The van der Waals surface area contributed by atoms with Gasteiger partial charge in [-0.2, -0.15) is 0 Å². The summed E-state index contributed by atoms with van der Waals surface area (Å²) >= 11 is 0. The highest BCUT2D eigenvalue weighted by atomic mass is 16.5. The Morgan fingerprint density at radius 1 is 1.04 bits per heavy atom. The number of amides is 1. The largest absolute Gasteiger partial charge is 0.497 e. The fraction of sp³-hybridized carbons (Fsp3) is 0.571. The molecule has 0 bridgehead atoms. The minimum Gasteiger partial charge on any atom is -0.497 e. The van der Waals surface area contributed by atoms with E-state index in [2.05, 4.69) is 4.90 Å². The van der Waals surface area contributed by atoms with Crippen molar-refractivity contribution in [2.75, 3.05) is 40.4 Å². The summed E-state index contributed by atoms with van der Waals surface area (Å²) in [6.45, 7) is 3.63. The van der Waals surface area contributed by atoms with Crippen molar-refractivity contribution >= 4 is 12.0 Å². The van der Waals surface area contributed by atoms with Gasteiger partial charge < -0.3 is 14.4 Å². The van der Waals surface area contributed by atoms with Crippen molar-refractivity contribution in [3.8, 4) is 11.5 Å². The number of nitrogens with zero attached hydrogens (tertiary/aromatic N) is 2. The Kier molecular flexibility index (Phi) is 6.56. The minimum atomic E-state index is 0.0752. The van der Waals surface area contributed by atoms with E-state index in [-0.39, 0.29) is 5.91 Å². The second kappa shape index (κ2) is 9.08. The molecule has 0 N–H and O–H groups in total. The smallest absolute Gasteiger partial charge is 0.246 e. The highest BCUT2D eigenvalue weighted by Crippen LogP contribution is 2.26. The van der Waals surface area contributed by atoms with Crippen LogP contribution >= 0.6 is 0 Å². The van der Waals surface area contributed by atoms with Gasteiger partial charge >= 0.3 is 0 Å². The molecule has 1 saturated heterocycles. The molecular formula is C21H30N2O3. The topological polar surface area (TPSA) is 42.0 Å². The van der Waals surface area contributed by atoms with Crippen molar-refractivity contribution in [1.82, 2.24) is 9.80 Å². The van der Waals surface area contributed by atoms with Crippen LogP contribution in [-0.2, 0) is 4.79 Å². The highest BCUT2D eigenvalue weighted by molar-refractivity contribution is 5.92. The molecule has 142 valence electrons. The van der Waals surface area contributed by atoms with Gasteiger partial charge in [-0.25, -0.2) is 0 Å². The van der Waals surface area contributed by atoms with Crippen molar-refractivity contribution in [1.29, 1.82) is 0 Å². The zero-order valence-corrected chi connectivity index (χ0v) is 15.9. The molecule has 1 amide bonds. The van der Waals surface area contributed by atoms with Gasteiger partial charge in [0.05, 0.1) is 14.2 Å². The maximum Gasteiger partial charge on any atom is 0.246 e. The molecule has 5 heteroatoms. The molecule has 2 aliphatic rings. The van der Waals surface area contributed by atoms with Crippen LogP contribution in [0.2, 0.25) is 0 Å². The summed E-state index contributed by atoms with van der Waals surface area (Å²) in [5.74, 6) is 1.52. The molecule has 0 aromatic heterocycles. The third kappa shape index (κ3) is 4.58. The maximum absolute atomic E-state index is 12.5. The zero-order valence-electron chi connectivity index (χ0n) is 15.9. The second-order valence-corrected chi connectivity index (χ2v) is 7.09. The summed E-state index contributed by atoms with van der Waals surface area (Å²) in [4.78, 5) is 17.1. The fourth-order valence-corrected chi connectivity index (χ4v) is 3.98. The lowest BCUT2D eigenvalue weighted by Crippen LogP contribution is -2.52. The Labute approximate surface area is 156 Å². The van der Waals surface area contributed by atoms with Gasteiger partial charge in [-0.05, 0) is 31.1 Å². The third-order valence-corrected chi connectivity index (χ3v) is 5.56. The lowest BCUT2D eigenvalue weighted by Gasteiger charge is -2.40. The van der Waals surface area contributed by atoms with Crippen LogP contribution < -0.4 is 9.47 Å². The molecule has 0 spiro atoms. The predicted octanol–water partition coefficient (Wildman–Crippen LogP) is 3.19. The Hall–Kier alpha value is -2.01. The van der Waals surface area contributed by atoms with Crippen LogP contribution in [0.5, 0.6) is 11.5 Å². The molecule has 1 aliphatic heterocycles. The number of hydrogen-bond acceptors (Lipinski definition) is 4. The standard InChI is InChI=1S/C21H30N2O3/c1-25-19-10-8-17(20(16-19)26-2)9-11-21(24)23-14-12-22(13-15-23)18-6-4-3-5-7-18/h8-11,16,18H,3-7,12-15H2,1-2H3. The number of carbonyl (C=O) groups is 1. The van der Waals surface area contributed by atoms with Gasteiger partial charge in [0.25, 0.3) is 0 Å². The van der Waals surface area contributed by atoms with Crippen molar-refractivity contribution in [2.45, 2.75) is 38.1 Å². The third-order valence-electron chi connectivity index (χ3n) is 5.56. The maximum atomic E-state index is 12.5. The number of hydrogen-bond donors (Lipinski definition) is 0. The van der Waals surface area contributed by atoms with Crippen LogP contribution in [0.25, 0.3) is 6.08 Å². The molecule has 1 aliphatic carbocycles. The molecule has 2 fully saturated rings. The molecular weight excluding hydrogens is 328 g/mol. The molecule has 26 heavy (non-hydrogen) atoms. The SMILES string of the molecule is COc1ccc(C=CC(=O)N2CCN(C3CCCCC3)CC2)c(OC)c1. The zero-order chi connectivity index (χ0) is 18.4. The van der Waals surface area contributed by atoms with E-state index in [0.717, 1.165) is 43.5 Å². The lowest BCUT2D eigenvalue weighted by molar-refractivity contribution is -0.128. The van der Waals surface area contributed by atoms with Crippen LogP contribution in [0.15, 0.2) is 24.3 Å². The van der Waals surface area contributed by atoms with Gasteiger partial charge in [-0.3, -0.25) is 9.69 Å². The number of rotatable bonds is 5. The van der Waals surface area contributed by atoms with E-state index < -0.39 is 0 Å². The van der Waals surface area contributed by atoms with Crippen LogP contribution in [0.3, 0.4) is 0 Å². The molecule has 0 atom stereocenters. The molecule has 1 saturated carbocycles. The molecule has 1 aromatic carbocycles. The van der Waals surface area contributed by atoms with E-state index in [1.54, 1.807) is 20.3 Å². The van der Waals surface area contributed by atoms with Gasteiger partial charge in [-0.1, -0.05) is 19.3 Å². The number of ether oxygens (including phenoxy) is 2. The van der Waals surface area contributed by atoms with Gasteiger partial charge in [0, 0.05) is 49.9 Å². The number of methoxy groups -OCH3 is 2. The van der Waals surface area contributed by atoms with E-state index in [1.165, 1.54) is 32.1 Å². The van der Waals surface area contributed by atoms with Crippen LogP contribution in [0.1, 0.15) is 37.7 Å². The Morgan fingerprint density at radius 2 is 1.77 bits per heavy atom. The van der Waals surface area contributed by atoms with Gasteiger partial charge in [0.15, 0.2) is 0 Å². The van der Waals surface area contributed by atoms with Crippen LogP contribution in [-0.4, -0.2) is 62.1 Å². The fourth-order valence-electron chi connectivity index (χ4n) is 3.98. The summed E-state index contributed by atoms with van der Waals surface area (Å²) in [7, 11) is 3.25. The second-order valence-electron chi connectivity index (χ2n) is 7.09. The Balaban J connectivity index is 1.55. The first-order chi connectivity index (χ1) is 12.7. The lowest BCUT2D eigenvalue weighted by atomic mass is 9.94. The van der Waals surface area contributed by atoms with E-state index in [0.29, 0.717) is 5.75 Å². The van der Waals surface area contributed by atoms with E-state index in [9.17, 15) is 4.79 Å². The first kappa shape index (κ1) is 18.8. The quantitative estimate of drug-likeness (QED) is 0.758. The monoisotopic (exact) mass is 358 g/mol. The summed E-state index contributed by atoms with van der Waals surface area (Å²) in [5.41, 5.74) is 0.877. The molecule has 0 unspecified atom stereocenters. The minimum absolute atomic E-state index is 0.0752. The van der Waals surface area contributed by atoms with E-state index >= 15 is 0 Å². The molecule has 5 nitrogen and oxygen atoms in total. The van der Waals surface area contributed by atoms with Crippen LogP contribution in [0.4, 0.5) is 0 Å². The average molecular weight is 358 g/mol. The van der Waals surface area contributed by atoms with Gasteiger partial charge in [0.2, 0.25) is 5.91 Å². The van der Waals surface area contributed by atoms with E-state index in [1.807, 2.05) is 29.2 Å². The molecule has 1 heterocycles. The normalized spacial score (nSPS) is 19.7. The first-order valence-corrected chi connectivity index (χ1v) is 9.64. The van der Waals surface area contributed by atoms with Crippen molar-refractivity contribution in [2.24, 2.45) is 0 Å². The highest BCUT2D eigenvalue weighted by Gasteiger charge is 2.26. The summed E-state index contributed by atoms with van der Waals surface area (Å²) < 4.78 is 10.6. The van der Waals surface area contributed by atoms with Crippen molar-refractivity contribution < 1.29 is 14.3 Å². The molecule has 1 aromatic rings. The van der Waals surface area contributed by atoms with Crippen molar-refractivity contribution in [3.05, 3.63) is 29.8 Å². The average Bonchev–Trinajstić information content (AvgIpc) is 2.72. The van der Waals surface area contributed by atoms with E-state index in [4.69, 9.17) is 9.47 Å². The van der Waals surface area contributed by atoms with Crippen LogP contribution in [0, 0.1) is 0 Å². The summed E-state index contributed by atoms with van der Waals surface area (Å²) in [6.07, 6.45) is 10.2. The Bertz CT molecular complexity index is 630. The first-order valence-electron chi connectivity index (χ1n) is 9.64. The number of carbonyl (C=O) groups excluding carboxylic acids is 1. The number of benzene rings is 1. The summed E-state index contributed by atoms with van der Waals surface area (Å²) in [5, 5.41) is 0. The predicted molar refractivity (Wildman–Crippen MR) is 104 cm³/mol. The summed E-state index contributed by atoms with van der Waals surface area (Å²) in [6, 6.07) is 6.34. The molecule has 3 rings (SSSR count). The van der Waals surface area contributed by atoms with Gasteiger partial charge in [0.1, 0.15) is 11.5 Å². The van der Waals surface area contributed by atoms with Gasteiger partial charge in [-0.15, -0.1) is 0 Å². The van der Waals surface area contributed by atoms with Crippen molar-refractivity contribution in [3.63, 3.8) is 0 Å². The Morgan fingerprint density at radius 3 is 2.42 bits per heavy atom. The number of piperazine rings is 1.